The number of fused-ring (bicyclic) bond motifs is 1. The van der Waals surface area contributed by atoms with Crippen molar-refractivity contribution in [1.82, 2.24) is 0 Å². The summed E-state index contributed by atoms with van der Waals surface area (Å²) in [4.78, 5) is 10.8. The Kier molecular flexibility index (Phi) is 2.75. The predicted molar refractivity (Wildman–Crippen MR) is 56.3 cm³/mol. The molecule has 6 heteroatoms. The van der Waals surface area contributed by atoms with Gasteiger partial charge in [-0.3, -0.25) is 4.79 Å². The van der Waals surface area contributed by atoms with Crippen molar-refractivity contribution in [3.8, 4) is 11.5 Å². The summed E-state index contributed by atoms with van der Waals surface area (Å²) in [5, 5.41) is 8.87. The molecule has 0 amide bonds. The second-order valence-electron chi connectivity index (χ2n) is 3.38. The van der Waals surface area contributed by atoms with Crippen molar-refractivity contribution in [3.05, 3.63) is 21.9 Å². The van der Waals surface area contributed by atoms with Gasteiger partial charge in [-0.15, -0.1) is 0 Å². The van der Waals surface area contributed by atoms with Gasteiger partial charge in [0.05, 0.1) is 5.92 Å². The Morgan fingerprint density at radius 2 is 2.31 bits per heavy atom. The van der Waals surface area contributed by atoms with E-state index in [9.17, 15) is 9.18 Å². The van der Waals surface area contributed by atoms with Crippen molar-refractivity contribution in [2.24, 2.45) is 0 Å². The molecular weight excluding hydrogens is 283 g/mol. The summed E-state index contributed by atoms with van der Waals surface area (Å²) in [5.74, 6) is -2.48. The normalized spacial score (nSPS) is 14.9. The summed E-state index contributed by atoms with van der Waals surface area (Å²) < 4.78 is 24.3. The minimum absolute atomic E-state index is 0.0219. The zero-order chi connectivity index (χ0) is 11.9. The molecule has 1 heterocycles. The standard InChI is InChI=1S/C10H8BrFO4/c1-4(10(13)14)7-5(11)2-6-9(8(7)12)16-3-15-6/h2,4H,3H2,1H3,(H,13,14). The Labute approximate surface area is 99.1 Å². The van der Waals surface area contributed by atoms with E-state index < -0.39 is 17.7 Å². The van der Waals surface area contributed by atoms with Gasteiger partial charge in [0.1, 0.15) is 0 Å². The lowest BCUT2D eigenvalue weighted by molar-refractivity contribution is -0.138. The topological polar surface area (TPSA) is 55.8 Å². The van der Waals surface area contributed by atoms with E-state index in [4.69, 9.17) is 14.6 Å². The number of hydrogen-bond acceptors (Lipinski definition) is 3. The minimum atomic E-state index is -1.10. The first-order valence-electron chi connectivity index (χ1n) is 4.52. The summed E-state index contributed by atoms with van der Waals surface area (Å²) >= 11 is 3.13. The number of rotatable bonds is 2. The molecule has 16 heavy (non-hydrogen) atoms. The molecule has 2 rings (SSSR count). The van der Waals surface area contributed by atoms with Crippen LogP contribution in [0.5, 0.6) is 11.5 Å². The Balaban J connectivity index is 2.58. The molecule has 1 N–H and O–H groups in total. The monoisotopic (exact) mass is 290 g/mol. The van der Waals surface area contributed by atoms with Crippen LogP contribution in [0.25, 0.3) is 0 Å². The highest BCUT2D eigenvalue weighted by Crippen LogP contribution is 2.42. The number of carboxylic acids is 1. The highest BCUT2D eigenvalue weighted by atomic mass is 79.9. The highest BCUT2D eigenvalue weighted by Gasteiger charge is 2.29. The molecule has 86 valence electrons. The number of carbonyl (C=O) groups is 1. The first kappa shape index (κ1) is 11.2. The maximum absolute atomic E-state index is 13.9. The number of ether oxygens (including phenoxy) is 2. The van der Waals surface area contributed by atoms with E-state index in [1.807, 2.05) is 0 Å². The SMILES string of the molecule is CC(C(=O)O)c1c(Br)cc2c(c1F)OCO2. The molecule has 1 atom stereocenters. The average Bonchev–Trinajstić information content (AvgIpc) is 2.65. The third-order valence-electron chi connectivity index (χ3n) is 2.40. The van der Waals surface area contributed by atoms with Crippen LogP contribution in [-0.2, 0) is 4.79 Å². The van der Waals surface area contributed by atoms with Crippen molar-refractivity contribution < 1.29 is 23.8 Å². The van der Waals surface area contributed by atoms with Crippen LogP contribution in [0.3, 0.4) is 0 Å². The predicted octanol–water partition coefficient (Wildman–Crippen LogP) is 2.51. The lowest BCUT2D eigenvalue weighted by atomic mass is 10.00. The number of halogens is 2. The van der Waals surface area contributed by atoms with Crippen LogP contribution in [0.2, 0.25) is 0 Å². The zero-order valence-electron chi connectivity index (χ0n) is 8.29. The van der Waals surface area contributed by atoms with Gasteiger partial charge in [0, 0.05) is 10.0 Å². The molecule has 0 spiro atoms. The van der Waals surface area contributed by atoms with E-state index in [-0.39, 0.29) is 23.9 Å². The van der Waals surface area contributed by atoms with Gasteiger partial charge in [-0.2, -0.15) is 0 Å². The molecule has 0 bridgehead atoms. The van der Waals surface area contributed by atoms with E-state index in [1.165, 1.54) is 13.0 Å². The second-order valence-corrected chi connectivity index (χ2v) is 4.23. The van der Waals surface area contributed by atoms with E-state index in [0.29, 0.717) is 4.47 Å². The van der Waals surface area contributed by atoms with E-state index in [0.717, 1.165) is 0 Å². The maximum atomic E-state index is 13.9. The molecule has 1 aliphatic heterocycles. The van der Waals surface area contributed by atoms with Crippen LogP contribution < -0.4 is 9.47 Å². The van der Waals surface area contributed by atoms with Crippen molar-refractivity contribution >= 4 is 21.9 Å². The quantitative estimate of drug-likeness (QED) is 0.909. The molecule has 0 saturated heterocycles. The van der Waals surface area contributed by atoms with Gasteiger partial charge in [0.2, 0.25) is 12.5 Å². The van der Waals surface area contributed by atoms with Crippen LogP contribution in [0.1, 0.15) is 18.4 Å². The molecule has 1 aromatic carbocycles. The van der Waals surface area contributed by atoms with Gasteiger partial charge in [0.25, 0.3) is 0 Å². The fourth-order valence-corrected chi connectivity index (χ4v) is 2.23. The van der Waals surface area contributed by atoms with Gasteiger partial charge < -0.3 is 14.6 Å². The molecule has 1 aromatic rings. The van der Waals surface area contributed by atoms with Crippen molar-refractivity contribution in [3.63, 3.8) is 0 Å². The van der Waals surface area contributed by atoms with Gasteiger partial charge >= 0.3 is 5.97 Å². The van der Waals surface area contributed by atoms with Gasteiger partial charge in [0.15, 0.2) is 11.6 Å². The van der Waals surface area contributed by atoms with Gasteiger partial charge in [-0.05, 0) is 13.0 Å². The highest BCUT2D eigenvalue weighted by molar-refractivity contribution is 9.10. The molecule has 0 saturated carbocycles. The maximum Gasteiger partial charge on any atom is 0.310 e. The second kappa shape index (κ2) is 3.93. The fraction of sp³-hybridized carbons (Fsp3) is 0.300. The van der Waals surface area contributed by atoms with Crippen molar-refractivity contribution in [1.29, 1.82) is 0 Å². The number of benzene rings is 1. The molecule has 1 unspecified atom stereocenters. The Morgan fingerprint density at radius 3 is 2.94 bits per heavy atom. The number of hydrogen-bond donors (Lipinski definition) is 1. The molecule has 0 fully saturated rings. The third kappa shape index (κ3) is 1.63. The number of aliphatic carboxylic acids is 1. The van der Waals surface area contributed by atoms with Crippen LogP contribution >= 0.6 is 15.9 Å². The van der Waals surface area contributed by atoms with Gasteiger partial charge in [-0.1, -0.05) is 15.9 Å². The van der Waals surface area contributed by atoms with Crippen LogP contribution in [0.4, 0.5) is 4.39 Å². The minimum Gasteiger partial charge on any atom is -0.481 e. The molecule has 0 radical (unpaired) electrons. The Hall–Kier alpha value is -1.30. The summed E-state index contributed by atoms with van der Waals surface area (Å²) in [6.07, 6.45) is 0. The van der Waals surface area contributed by atoms with Crippen LogP contribution in [0, 0.1) is 5.82 Å². The molecule has 1 aliphatic rings. The van der Waals surface area contributed by atoms with Crippen molar-refractivity contribution in [2.45, 2.75) is 12.8 Å². The molecule has 0 aliphatic carbocycles. The molecule has 0 aromatic heterocycles. The fourth-order valence-electron chi connectivity index (χ4n) is 1.51. The Morgan fingerprint density at radius 1 is 1.62 bits per heavy atom. The smallest absolute Gasteiger partial charge is 0.310 e. The summed E-state index contributed by atoms with van der Waals surface area (Å²) in [5.41, 5.74) is 0.0664. The Bertz CT molecular complexity index is 461. The molecule has 4 nitrogen and oxygen atoms in total. The lowest BCUT2D eigenvalue weighted by Crippen LogP contribution is -2.10. The van der Waals surface area contributed by atoms with Crippen LogP contribution in [-0.4, -0.2) is 17.9 Å². The lowest BCUT2D eigenvalue weighted by Gasteiger charge is -2.12. The van der Waals surface area contributed by atoms with Crippen LogP contribution in [0.15, 0.2) is 10.5 Å². The molecular formula is C10H8BrFO4. The van der Waals surface area contributed by atoms with E-state index in [1.54, 1.807) is 0 Å². The largest absolute Gasteiger partial charge is 0.481 e. The summed E-state index contributed by atoms with van der Waals surface area (Å²) in [7, 11) is 0. The van der Waals surface area contributed by atoms with E-state index in [2.05, 4.69) is 15.9 Å². The van der Waals surface area contributed by atoms with Gasteiger partial charge in [-0.25, -0.2) is 4.39 Å². The van der Waals surface area contributed by atoms with Crippen molar-refractivity contribution in [2.75, 3.05) is 6.79 Å². The first-order valence-corrected chi connectivity index (χ1v) is 5.32. The summed E-state index contributed by atoms with van der Waals surface area (Å²) in [6.45, 7) is 1.36. The average molecular weight is 291 g/mol. The zero-order valence-corrected chi connectivity index (χ0v) is 9.88. The summed E-state index contributed by atoms with van der Waals surface area (Å²) in [6, 6.07) is 1.51. The van der Waals surface area contributed by atoms with E-state index >= 15 is 0 Å². The first-order chi connectivity index (χ1) is 7.52. The number of carboxylic acid groups (broad SMARTS) is 1. The third-order valence-corrected chi connectivity index (χ3v) is 3.05.